The molecular formula is C16H19NO4. The average Bonchev–Trinajstić information content (AvgIpc) is 2.46. The van der Waals surface area contributed by atoms with Crippen LogP contribution in [0.4, 0.5) is 0 Å². The Kier molecular flexibility index (Phi) is 4.98. The zero-order valence-electron chi connectivity index (χ0n) is 12.0. The maximum Gasteiger partial charge on any atom is 0.308 e. The topological polar surface area (TPSA) is 66.8 Å². The van der Waals surface area contributed by atoms with Gasteiger partial charge in [0.05, 0.1) is 0 Å². The van der Waals surface area contributed by atoms with Crippen LogP contribution in [0.2, 0.25) is 0 Å². The first-order valence-electron chi connectivity index (χ1n) is 7.04. The molecule has 2 rings (SSSR count). The highest BCUT2D eigenvalue weighted by atomic mass is 16.5. The molecule has 5 heteroatoms. The van der Waals surface area contributed by atoms with E-state index in [0.717, 1.165) is 25.9 Å². The number of nitrogens with zero attached hydrogens (tertiary/aromatic N) is 1. The summed E-state index contributed by atoms with van der Waals surface area (Å²) in [6.07, 6.45) is 6.30. The molecule has 0 radical (unpaired) electrons. The fraction of sp³-hybridized carbons (Fsp3) is 0.375. The maximum absolute atomic E-state index is 12.0. The fourth-order valence-corrected chi connectivity index (χ4v) is 2.27. The van der Waals surface area contributed by atoms with Crippen molar-refractivity contribution in [3.05, 3.63) is 29.8 Å². The molecule has 1 N–H and O–H groups in total. The molecule has 1 aliphatic rings. The van der Waals surface area contributed by atoms with Crippen LogP contribution in [0.1, 0.15) is 31.7 Å². The lowest BCUT2D eigenvalue weighted by Gasteiger charge is -2.25. The van der Waals surface area contributed by atoms with Gasteiger partial charge in [-0.2, -0.15) is 0 Å². The van der Waals surface area contributed by atoms with E-state index in [1.165, 1.54) is 25.5 Å². The standard InChI is InChI=1S/C16H19NO4/c1-12(18)21-14-7-5-13(15(19)11-14)6-8-16(20)17-9-3-2-4-10-17/h5-8,11,19H,2-4,9-10H2,1H3/b8-6+. The van der Waals surface area contributed by atoms with E-state index < -0.39 is 5.97 Å². The van der Waals surface area contributed by atoms with Gasteiger partial charge in [-0.25, -0.2) is 0 Å². The summed E-state index contributed by atoms with van der Waals surface area (Å²) in [7, 11) is 0. The molecule has 1 heterocycles. The Labute approximate surface area is 123 Å². The lowest BCUT2D eigenvalue weighted by atomic mass is 10.1. The van der Waals surface area contributed by atoms with Gasteiger partial charge in [-0.1, -0.05) is 0 Å². The normalized spacial score (nSPS) is 15.2. The molecule has 1 aliphatic heterocycles. The zero-order chi connectivity index (χ0) is 15.2. The van der Waals surface area contributed by atoms with Crippen LogP contribution in [-0.2, 0) is 9.59 Å². The van der Waals surface area contributed by atoms with Crippen molar-refractivity contribution in [2.75, 3.05) is 13.1 Å². The van der Waals surface area contributed by atoms with Crippen molar-refractivity contribution in [1.29, 1.82) is 0 Å². The predicted octanol–water partition coefficient (Wildman–Crippen LogP) is 2.34. The minimum atomic E-state index is -0.446. The quantitative estimate of drug-likeness (QED) is 0.527. The van der Waals surface area contributed by atoms with Gasteiger partial charge in [-0.3, -0.25) is 9.59 Å². The summed E-state index contributed by atoms with van der Waals surface area (Å²) in [5, 5.41) is 9.86. The van der Waals surface area contributed by atoms with Gasteiger partial charge < -0.3 is 14.7 Å². The first kappa shape index (κ1) is 15.1. The van der Waals surface area contributed by atoms with Crippen molar-refractivity contribution in [2.45, 2.75) is 26.2 Å². The summed E-state index contributed by atoms with van der Waals surface area (Å²) < 4.78 is 4.87. The van der Waals surface area contributed by atoms with E-state index in [1.54, 1.807) is 18.2 Å². The predicted molar refractivity (Wildman–Crippen MR) is 78.9 cm³/mol. The molecule has 0 spiro atoms. The number of carbonyl (C=O) groups excluding carboxylic acids is 2. The number of phenols is 1. The largest absolute Gasteiger partial charge is 0.507 e. The molecule has 5 nitrogen and oxygen atoms in total. The summed E-state index contributed by atoms with van der Waals surface area (Å²) >= 11 is 0. The Morgan fingerprint density at radius 2 is 1.95 bits per heavy atom. The highest BCUT2D eigenvalue weighted by molar-refractivity contribution is 5.92. The molecule has 1 fully saturated rings. The second-order valence-corrected chi connectivity index (χ2v) is 5.03. The molecule has 0 aliphatic carbocycles. The number of carbonyl (C=O) groups is 2. The van der Waals surface area contributed by atoms with Crippen LogP contribution in [-0.4, -0.2) is 35.0 Å². The minimum absolute atomic E-state index is 0.0311. The summed E-state index contributed by atoms with van der Waals surface area (Å²) in [6, 6.07) is 4.53. The average molecular weight is 289 g/mol. The van der Waals surface area contributed by atoms with E-state index in [2.05, 4.69) is 0 Å². The number of hydrogen-bond donors (Lipinski definition) is 1. The molecule has 1 aromatic rings. The SMILES string of the molecule is CC(=O)Oc1ccc(/C=C/C(=O)N2CCCCC2)c(O)c1. The molecule has 21 heavy (non-hydrogen) atoms. The number of likely N-dealkylation sites (tertiary alicyclic amines) is 1. The van der Waals surface area contributed by atoms with Gasteiger partial charge in [0.1, 0.15) is 11.5 Å². The number of ether oxygens (including phenoxy) is 1. The van der Waals surface area contributed by atoms with Crippen LogP contribution >= 0.6 is 0 Å². The van der Waals surface area contributed by atoms with E-state index in [1.807, 2.05) is 4.90 Å². The van der Waals surface area contributed by atoms with E-state index in [-0.39, 0.29) is 17.4 Å². The van der Waals surface area contributed by atoms with Crippen molar-refractivity contribution >= 4 is 18.0 Å². The third-order valence-electron chi connectivity index (χ3n) is 3.34. The summed E-state index contributed by atoms with van der Waals surface area (Å²) in [6.45, 7) is 2.88. The molecule has 0 unspecified atom stereocenters. The van der Waals surface area contributed by atoms with E-state index in [9.17, 15) is 14.7 Å². The fourth-order valence-electron chi connectivity index (χ4n) is 2.27. The number of benzene rings is 1. The van der Waals surface area contributed by atoms with Gasteiger partial charge in [0.25, 0.3) is 0 Å². The third kappa shape index (κ3) is 4.34. The van der Waals surface area contributed by atoms with Crippen LogP contribution in [0, 0.1) is 0 Å². The first-order valence-corrected chi connectivity index (χ1v) is 7.04. The summed E-state index contributed by atoms with van der Waals surface area (Å²) in [5.41, 5.74) is 0.510. The van der Waals surface area contributed by atoms with Crippen molar-refractivity contribution in [3.8, 4) is 11.5 Å². The molecular weight excluding hydrogens is 270 g/mol. The molecule has 0 atom stereocenters. The van der Waals surface area contributed by atoms with Crippen LogP contribution in [0.15, 0.2) is 24.3 Å². The van der Waals surface area contributed by atoms with Crippen LogP contribution in [0.3, 0.4) is 0 Å². The number of phenolic OH excluding ortho intramolecular Hbond substituents is 1. The Morgan fingerprint density at radius 3 is 2.57 bits per heavy atom. The van der Waals surface area contributed by atoms with Gasteiger partial charge in [0.15, 0.2) is 0 Å². The lowest BCUT2D eigenvalue weighted by Crippen LogP contribution is -2.34. The van der Waals surface area contributed by atoms with Crippen molar-refractivity contribution < 1.29 is 19.4 Å². The van der Waals surface area contributed by atoms with Crippen molar-refractivity contribution in [2.24, 2.45) is 0 Å². The Hall–Kier alpha value is -2.30. The minimum Gasteiger partial charge on any atom is -0.507 e. The van der Waals surface area contributed by atoms with Gasteiger partial charge in [0.2, 0.25) is 5.91 Å². The van der Waals surface area contributed by atoms with Crippen molar-refractivity contribution in [3.63, 3.8) is 0 Å². The van der Waals surface area contributed by atoms with E-state index in [4.69, 9.17) is 4.74 Å². The molecule has 0 aromatic heterocycles. The third-order valence-corrected chi connectivity index (χ3v) is 3.34. The van der Waals surface area contributed by atoms with Crippen LogP contribution in [0.5, 0.6) is 11.5 Å². The number of amides is 1. The van der Waals surface area contributed by atoms with Gasteiger partial charge in [0, 0.05) is 37.7 Å². The molecule has 0 bridgehead atoms. The van der Waals surface area contributed by atoms with Crippen LogP contribution in [0.25, 0.3) is 6.08 Å². The second-order valence-electron chi connectivity index (χ2n) is 5.03. The highest BCUT2D eigenvalue weighted by Gasteiger charge is 2.13. The van der Waals surface area contributed by atoms with Gasteiger partial charge in [-0.15, -0.1) is 0 Å². The van der Waals surface area contributed by atoms with Crippen LogP contribution < -0.4 is 4.74 Å². The highest BCUT2D eigenvalue weighted by Crippen LogP contribution is 2.25. The summed E-state index contributed by atoms with van der Waals surface area (Å²) in [5.74, 6) is -0.243. The van der Waals surface area contributed by atoms with Gasteiger partial charge in [-0.05, 0) is 37.5 Å². The summed E-state index contributed by atoms with van der Waals surface area (Å²) in [4.78, 5) is 24.6. The molecule has 1 aromatic carbocycles. The Morgan fingerprint density at radius 1 is 1.24 bits per heavy atom. The first-order chi connectivity index (χ1) is 10.1. The second kappa shape index (κ2) is 6.92. The number of aromatic hydroxyl groups is 1. The molecule has 1 amide bonds. The number of piperidine rings is 1. The van der Waals surface area contributed by atoms with Gasteiger partial charge >= 0.3 is 5.97 Å². The Bertz CT molecular complexity index is 559. The number of esters is 1. The maximum atomic E-state index is 12.0. The van der Waals surface area contributed by atoms with E-state index in [0.29, 0.717) is 5.56 Å². The lowest BCUT2D eigenvalue weighted by molar-refractivity contribution is -0.132. The molecule has 112 valence electrons. The van der Waals surface area contributed by atoms with E-state index >= 15 is 0 Å². The molecule has 0 saturated carbocycles. The Balaban J connectivity index is 2.03. The smallest absolute Gasteiger partial charge is 0.308 e. The zero-order valence-corrected chi connectivity index (χ0v) is 12.0. The number of hydrogen-bond acceptors (Lipinski definition) is 4. The van der Waals surface area contributed by atoms with Crippen molar-refractivity contribution in [1.82, 2.24) is 4.90 Å². The number of rotatable bonds is 3. The molecule has 1 saturated heterocycles. The monoisotopic (exact) mass is 289 g/mol.